The summed E-state index contributed by atoms with van der Waals surface area (Å²) in [5.41, 5.74) is 6.05. The maximum absolute atomic E-state index is 11.2. The maximum atomic E-state index is 11.2. The number of amides is 1. The largest absolute Gasteiger partial charge is 0.385 e. The fourth-order valence-electron chi connectivity index (χ4n) is 1.38. The van der Waals surface area contributed by atoms with E-state index in [-0.39, 0.29) is 5.15 Å². The van der Waals surface area contributed by atoms with Crippen molar-refractivity contribution in [3.63, 3.8) is 0 Å². The highest BCUT2D eigenvalue weighted by Crippen LogP contribution is 2.32. The fourth-order valence-corrected chi connectivity index (χ4v) is 2.19. The van der Waals surface area contributed by atoms with Crippen LogP contribution in [-0.4, -0.2) is 17.4 Å². The molecule has 1 unspecified atom stereocenters. The molecule has 0 aliphatic carbocycles. The Morgan fingerprint density at radius 3 is 2.94 bits per heavy atom. The molecule has 0 radical (unpaired) electrons. The van der Waals surface area contributed by atoms with Crippen molar-refractivity contribution in [1.82, 2.24) is 4.98 Å². The van der Waals surface area contributed by atoms with Crippen LogP contribution in [0.25, 0.3) is 0 Å². The molecule has 1 rings (SSSR count). The standard InChI is InChI=1S/C10H10BrClN4O/c1-2-15-6-3-7(11)16-9(12)8(6)5(4-13)10(14)17/h3,5H,2H2,1H3,(H2,14,17)(H,15,16). The summed E-state index contributed by atoms with van der Waals surface area (Å²) in [5, 5.41) is 12.1. The number of carbonyl (C=O) groups excluding carboxylic acids is 1. The third-order valence-electron chi connectivity index (χ3n) is 2.05. The number of primary amides is 1. The number of hydrogen-bond acceptors (Lipinski definition) is 4. The number of pyridine rings is 1. The first-order valence-corrected chi connectivity index (χ1v) is 5.97. The molecule has 0 aromatic carbocycles. The highest BCUT2D eigenvalue weighted by molar-refractivity contribution is 9.10. The molecule has 1 amide bonds. The van der Waals surface area contributed by atoms with Crippen molar-refractivity contribution < 1.29 is 4.79 Å². The molecule has 7 heteroatoms. The predicted octanol–water partition coefficient (Wildman–Crippen LogP) is 2.02. The molecule has 90 valence electrons. The van der Waals surface area contributed by atoms with Crippen LogP contribution < -0.4 is 11.1 Å². The van der Waals surface area contributed by atoms with E-state index in [2.05, 4.69) is 26.2 Å². The molecule has 0 saturated heterocycles. The minimum absolute atomic E-state index is 0.0840. The molecule has 3 N–H and O–H groups in total. The zero-order valence-corrected chi connectivity index (χ0v) is 11.3. The summed E-state index contributed by atoms with van der Waals surface area (Å²) in [4.78, 5) is 15.1. The molecule has 0 saturated carbocycles. The Morgan fingerprint density at radius 1 is 1.82 bits per heavy atom. The van der Waals surface area contributed by atoms with Crippen LogP contribution in [0.5, 0.6) is 0 Å². The lowest BCUT2D eigenvalue weighted by atomic mass is 10.00. The topological polar surface area (TPSA) is 91.8 Å². The van der Waals surface area contributed by atoms with Gasteiger partial charge in [0, 0.05) is 17.8 Å². The average molecular weight is 318 g/mol. The van der Waals surface area contributed by atoms with E-state index >= 15 is 0 Å². The van der Waals surface area contributed by atoms with Crippen molar-refractivity contribution >= 4 is 39.1 Å². The minimum Gasteiger partial charge on any atom is -0.385 e. The average Bonchev–Trinajstić information content (AvgIpc) is 2.22. The maximum Gasteiger partial charge on any atom is 0.239 e. The Labute approximate surface area is 112 Å². The van der Waals surface area contributed by atoms with Crippen molar-refractivity contribution in [2.75, 3.05) is 11.9 Å². The fraction of sp³-hybridized carbons (Fsp3) is 0.300. The van der Waals surface area contributed by atoms with Gasteiger partial charge in [0.15, 0.2) is 5.92 Å². The molecule has 0 bridgehead atoms. The molecular weight excluding hydrogens is 307 g/mol. The highest BCUT2D eigenvalue weighted by Gasteiger charge is 2.24. The monoisotopic (exact) mass is 316 g/mol. The lowest BCUT2D eigenvalue weighted by Crippen LogP contribution is -2.22. The van der Waals surface area contributed by atoms with Gasteiger partial charge in [-0.3, -0.25) is 4.79 Å². The first-order valence-electron chi connectivity index (χ1n) is 4.80. The Morgan fingerprint density at radius 2 is 2.47 bits per heavy atom. The summed E-state index contributed by atoms with van der Waals surface area (Å²) in [6, 6.07) is 3.47. The van der Waals surface area contributed by atoms with E-state index in [1.54, 1.807) is 6.07 Å². The first kappa shape index (κ1) is 13.7. The summed E-state index contributed by atoms with van der Waals surface area (Å²) in [7, 11) is 0. The Balaban J connectivity index is 3.39. The smallest absolute Gasteiger partial charge is 0.239 e. The summed E-state index contributed by atoms with van der Waals surface area (Å²) in [6.07, 6.45) is 0. The number of aromatic nitrogens is 1. The van der Waals surface area contributed by atoms with Crippen LogP contribution in [0, 0.1) is 11.3 Å². The molecule has 1 heterocycles. The molecule has 1 aromatic heterocycles. The summed E-state index contributed by atoms with van der Waals surface area (Å²) in [5.74, 6) is -1.87. The van der Waals surface area contributed by atoms with Crippen molar-refractivity contribution in [1.29, 1.82) is 5.26 Å². The molecule has 1 atom stereocenters. The molecule has 0 fully saturated rings. The number of nitriles is 1. The Kier molecular flexibility index (Phi) is 4.73. The van der Waals surface area contributed by atoms with Gasteiger partial charge in [0.25, 0.3) is 0 Å². The van der Waals surface area contributed by atoms with Gasteiger partial charge in [-0.25, -0.2) is 4.98 Å². The second-order valence-corrected chi connectivity index (χ2v) is 4.36. The molecule has 0 aliphatic rings. The zero-order chi connectivity index (χ0) is 13.0. The normalized spacial score (nSPS) is 11.6. The molecule has 5 nitrogen and oxygen atoms in total. The molecule has 0 aliphatic heterocycles. The number of halogens is 2. The molecular formula is C10H10BrClN4O. The minimum atomic E-state index is -1.11. The number of rotatable bonds is 4. The number of hydrogen-bond donors (Lipinski definition) is 2. The summed E-state index contributed by atoms with van der Waals surface area (Å²) >= 11 is 9.14. The van der Waals surface area contributed by atoms with Gasteiger partial charge in [0.05, 0.1) is 6.07 Å². The number of carbonyl (C=O) groups is 1. The van der Waals surface area contributed by atoms with Crippen LogP contribution in [0.15, 0.2) is 10.7 Å². The summed E-state index contributed by atoms with van der Waals surface area (Å²) < 4.78 is 0.517. The van der Waals surface area contributed by atoms with Crippen LogP contribution in [0.2, 0.25) is 5.15 Å². The molecule has 17 heavy (non-hydrogen) atoms. The van der Waals surface area contributed by atoms with Crippen LogP contribution in [0.4, 0.5) is 5.69 Å². The number of nitrogens with one attached hydrogen (secondary N) is 1. The third kappa shape index (κ3) is 3.08. The van der Waals surface area contributed by atoms with Gasteiger partial charge >= 0.3 is 0 Å². The van der Waals surface area contributed by atoms with E-state index in [1.165, 1.54) is 0 Å². The van der Waals surface area contributed by atoms with Crippen LogP contribution in [0.3, 0.4) is 0 Å². The van der Waals surface area contributed by atoms with Gasteiger partial charge in [-0.15, -0.1) is 0 Å². The van der Waals surface area contributed by atoms with Crippen molar-refractivity contribution in [3.8, 4) is 6.07 Å². The molecule has 1 aromatic rings. The second kappa shape index (κ2) is 5.84. The Bertz CT molecular complexity index is 486. The SMILES string of the molecule is CCNc1cc(Br)nc(Cl)c1C(C#N)C(N)=O. The van der Waals surface area contributed by atoms with Gasteiger partial charge in [-0.1, -0.05) is 11.6 Å². The van der Waals surface area contributed by atoms with E-state index in [4.69, 9.17) is 22.6 Å². The van der Waals surface area contributed by atoms with Crippen LogP contribution in [0.1, 0.15) is 18.4 Å². The number of anilines is 1. The van der Waals surface area contributed by atoms with Gasteiger partial charge in [-0.05, 0) is 28.9 Å². The van der Waals surface area contributed by atoms with Crippen molar-refractivity contribution in [3.05, 3.63) is 21.4 Å². The highest BCUT2D eigenvalue weighted by atomic mass is 79.9. The van der Waals surface area contributed by atoms with E-state index < -0.39 is 11.8 Å². The van der Waals surface area contributed by atoms with E-state index in [1.807, 2.05) is 13.0 Å². The quantitative estimate of drug-likeness (QED) is 0.831. The van der Waals surface area contributed by atoms with E-state index in [9.17, 15) is 4.79 Å². The second-order valence-electron chi connectivity index (χ2n) is 3.19. The predicted molar refractivity (Wildman–Crippen MR) is 68.7 cm³/mol. The van der Waals surface area contributed by atoms with Crippen LogP contribution in [-0.2, 0) is 4.79 Å². The van der Waals surface area contributed by atoms with E-state index in [0.29, 0.717) is 22.4 Å². The molecule has 0 spiro atoms. The summed E-state index contributed by atoms with van der Waals surface area (Å²) in [6.45, 7) is 2.51. The number of nitrogens with zero attached hydrogens (tertiary/aromatic N) is 2. The third-order valence-corrected chi connectivity index (χ3v) is 2.74. The first-order chi connectivity index (χ1) is 8.01. The van der Waals surface area contributed by atoms with E-state index in [0.717, 1.165) is 0 Å². The van der Waals surface area contributed by atoms with Crippen molar-refractivity contribution in [2.45, 2.75) is 12.8 Å². The van der Waals surface area contributed by atoms with Gasteiger partial charge in [0.1, 0.15) is 9.76 Å². The number of nitrogens with two attached hydrogens (primary N) is 1. The van der Waals surface area contributed by atoms with Gasteiger partial charge in [0.2, 0.25) is 5.91 Å². The Hall–Kier alpha value is -1.32. The van der Waals surface area contributed by atoms with Gasteiger partial charge in [-0.2, -0.15) is 5.26 Å². The van der Waals surface area contributed by atoms with Gasteiger partial charge < -0.3 is 11.1 Å². The lowest BCUT2D eigenvalue weighted by Gasteiger charge is -2.14. The zero-order valence-electron chi connectivity index (χ0n) is 9.00. The van der Waals surface area contributed by atoms with Crippen LogP contribution >= 0.6 is 27.5 Å². The van der Waals surface area contributed by atoms with Crippen molar-refractivity contribution in [2.24, 2.45) is 5.73 Å². The lowest BCUT2D eigenvalue weighted by molar-refractivity contribution is -0.118.